The molecule has 0 aromatic heterocycles. The molecule has 0 heterocycles. The number of hydrogen-bond acceptors (Lipinski definition) is 2. The van der Waals surface area contributed by atoms with Crippen LogP contribution in [0.3, 0.4) is 0 Å². The van der Waals surface area contributed by atoms with Crippen molar-refractivity contribution in [2.75, 3.05) is 0 Å². The highest BCUT2D eigenvalue weighted by atomic mass is 16.1. The van der Waals surface area contributed by atoms with Gasteiger partial charge in [-0.2, -0.15) is 0 Å². The summed E-state index contributed by atoms with van der Waals surface area (Å²) >= 11 is 0. The van der Waals surface area contributed by atoms with E-state index in [-0.39, 0.29) is 5.54 Å². The van der Waals surface area contributed by atoms with E-state index >= 15 is 0 Å². The second-order valence-electron chi connectivity index (χ2n) is 6.87. The summed E-state index contributed by atoms with van der Waals surface area (Å²) in [5, 5.41) is 0. The van der Waals surface area contributed by atoms with E-state index in [9.17, 15) is 4.79 Å². The minimum absolute atomic E-state index is 0.288. The van der Waals surface area contributed by atoms with E-state index < -0.39 is 0 Å². The maximum atomic E-state index is 11.6. The normalized spacial score (nSPS) is 16.5. The van der Waals surface area contributed by atoms with Gasteiger partial charge in [0.05, 0.1) is 0 Å². The van der Waals surface area contributed by atoms with Crippen molar-refractivity contribution in [2.45, 2.75) is 44.1 Å². The zero-order valence-electron chi connectivity index (χ0n) is 13.6. The standard InChI is InChI=1S/C21H25NO/c22-21(15-17-7-3-1-4-8-17,16-18-9-5-2-6-10-18)19-11-13-20(23)14-12-19/h1-10,19H,11-16,22H2. The number of ketones is 1. The van der Waals surface area contributed by atoms with E-state index in [1.54, 1.807) is 0 Å². The van der Waals surface area contributed by atoms with Crippen LogP contribution in [-0.4, -0.2) is 11.3 Å². The van der Waals surface area contributed by atoms with Crippen molar-refractivity contribution >= 4 is 5.78 Å². The second-order valence-corrected chi connectivity index (χ2v) is 6.87. The van der Waals surface area contributed by atoms with Crippen LogP contribution < -0.4 is 5.73 Å². The minimum atomic E-state index is -0.288. The summed E-state index contributed by atoms with van der Waals surface area (Å²) in [4.78, 5) is 11.6. The molecule has 0 atom stereocenters. The van der Waals surface area contributed by atoms with E-state index in [4.69, 9.17) is 5.73 Å². The summed E-state index contributed by atoms with van der Waals surface area (Å²) in [7, 11) is 0. The van der Waals surface area contributed by atoms with Gasteiger partial charge in [0.2, 0.25) is 0 Å². The number of hydrogen-bond donors (Lipinski definition) is 1. The van der Waals surface area contributed by atoms with Gasteiger partial charge >= 0.3 is 0 Å². The molecule has 120 valence electrons. The predicted molar refractivity (Wildman–Crippen MR) is 94.2 cm³/mol. The molecular formula is C21H25NO. The SMILES string of the molecule is NC(Cc1ccccc1)(Cc1ccccc1)C1CCC(=O)CC1. The first kappa shape index (κ1) is 15.9. The molecule has 0 spiro atoms. The molecular weight excluding hydrogens is 282 g/mol. The summed E-state index contributed by atoms with van der Waals surface area (Å²) in [6.07, 6.45) is 4.95. The van der Waals surface area contributed by atoms with Crippen molar-refractivity contribution < 1.29 is 4.79 Å². The fraction of sp³-hybridized carbons (Fsp3) is 0.381. The summed E-state index contributed by atoms with van der Waals surface area (Å²) in [5.74, 6) is 0.795. The Kier molecular flexibility index (Phi) is 4.92. The molecule has 0 amide bonds. The van der Waals surface area contributed by atoms with Crippen LogP contribution in [-0.2, 0) is 17.6 Å². The van der Waals surface area contributed by atoms with Gasteiger partial charge in [0.15, 0.2) is 0 Å². The van der Waals surface area contributed by atoms with Gasteiger partial charge in [-0.1, -0.05) is 60.7 Å². The van der Waals surface area contributed by atoms with Crippen molar-refractivity contribution in [1.82, 2.24) is 0 Å². The van der Waals surface area contributed by atoms with Crippen LogP contribution in [0, 0.1) is 5.92 Å². The lowest BCUT2D eigenvalue weighted by Gasteiger charge is -2.40. The number of carbonyl (C=O) groups is 1. The van der Waals surface area contributed by atoms with Crippen LogP contribution >= 0.6 is 0 Å². The maximum absolute atomic E-state index is 11.6. The van der Waals surface area contributed by atoms with Crippen molar-refractivity contribution in [3.05, 3.63) is 71.8 Å². The molecule has 1 aliphatic carbocycles. The number of carbonyl (C=O) groups excluding carboxylic acids is 1. The number of Topliss-reactive ketones (excluding diaryl/α,β-unsaturated/α-hetero) is 1. The molecule has 2 aromatic rings. The maximum Gasteiger partial charge on any atom is 0.132 e. The number of rotatable bonds is 5. The highest BCUT2D eigenvalue weighted by molar-refractivity contribution is 5.79. The lowest BCUT2D eigenvalue weighted by atomic mass is 9.69. The Morgan fingerprint density at radius 1 is 0.826 bits per heavy atom. The van der Waals surface area contributed by atoms with Crippen LogP contribution in [0.2, 0.25) is 0 Å². The Bertz CT molecular complexity index is 584. The predicted octanol–water partition coefficient (Wildman–Crippen LogP) is 3.93. The van der Waals surface area contributed by atoms with E-state index in [1.807, 2.05) is 12.1 Å². The van der Waals surface area contributed by atoms with Gasteiger partial charge in [-0.05, 0) is 42.7 Å². The van der Waals surface area contributed by atoms with Crippen LogP contribution in [0.15, 0.2) is 60.7 Å². The third-order valence-corrected chi connectivity index (χ3v) is 5.11. The Morgan fingerprint density at radius 2 is 1.26 bits per heavy atom. The minimum Gasteiger partial charge on any atom is -0.324 e. The van der Waals surface area contributed by atoms with Crippen LogP contribution in [0.25, 0.3) is 0 Å². The molecule has 2 nitrogen and oxygen atoms in total. The van der Waals surface area contributed by atoms with E-state index in [1.165, 1.54) is 11.1 Å². The monoisotopic (exact) mass is 307 g/mol. The molecule has 23 heavy (non-hydrogen) atoms. The third-order valence-electron chi connectivity index (χ3n) is 5.11. The summed E-state index contributed by atoms with van der Waals surface area (Å²) in [6.45, 7) is 0. The van der Waals surface area contributed by atoms with E-state index in [0.717, 1.165) is 25.7 Å². The molecule has 2 aromatic carbocycles. The van der Waals surface area contributed by atoms with Crippen LogP contribution in [0.4, 0.5) is 0 Å². The fourth-order valence-corrected chi connectivity index (χ4v) is 3.82. The number of nitrogens with two attached hydrogens (primary N) is 1. The first-order valence-electron chi connectivity index (χ1n) is 8.54. The topological polar surface area (TPSA) is 43.1 Å². The second kappa shape index (κ2) is 7.10. The number of benzene rings is 2. The lowest BCUT2D eigenvalue weighted by molar-refractivity contribution is -0.121. The molecule has 2 N–H and O–H groups in total. The highest BCUT2D eigenvalue weighted by Crippen LogP contribution is 2.34. The van der Waals surface area contributed by atoms with Gasteiger partial charge in [-0.15, -0.1) is 0 Å². The van der Waals surface area contributed by atoms with Gasteiger partial charge in [-0.25, -0.2) is 0 Å². The third kappa shape index (κ3) is 4.08. The average molecular weight is 307 g/mol. The molecule has 0 unspecified atom stereocenters. The summed E-state index contributed by atoms with van der Waals surface area (Å²) < 4.78 is 0. The first-order chi connectivity index (χ1) is 11.2. The van der Waals surface area contributed by atoms with Crippen molar-refractivity contribution in [2.24, 2.45) is 11.7 Å². The van der Waals surface area contributed by atoms with Crippen LogP contribution in [0.1, 0.15) is 36.8 Å². The molecule has 0 aliphatic heterocycles. The van der Waals surface area contributed by atoms with Gasteiger partial charge in [0.1, 0.15) is 5.78 Å². The Hall–Kier alpha value is -1.93. The molecule has 1 fully saturated rings. The summed E-state index contributed by atoms with van der Waals surface area (Å²) in [6, 6.07) is 21.0. The smallest absolute Gasteiger partial charge is 0.132 e. The van der Waals surface area contributed by atoms with Crippen molar-refractivity contribution in [3.8, 4) is 0 Å². The van der Waals surface area contributed by atoms with Gasteiger partial charge < -0.3 is 5.73 Å². The van der Waals surface area contributed by atoms with E-state index in [0.29, 0.717) is 24.5 Å². The Labute approximate surface area is 138 Å². The average Bonchev–Trinajstić information content (AvgIpc) is 2.57. The summed E-state index contributed by atoms with van der Waals surface area (Å²) in [5.41, 5.74) is 9.24. The van der Waals surface area contributed by atoms with Crippen LogP contribution in [0.5, 0.6) is 0 Å². The van der Waals surface area contributed by atoms with Gasteiger partial charge in [-0.3, -0.25) is 4.79 Å². The molecule has 2 heteroatoms. The molecule has 0 bridgehead atoms. The molecule has 0 saturated heterocycles. The molecule has 1 saturated carbocycles. The molecule has 3 rings (SSSR count). The fourth-order valence-electron chi connectivity index (χ4n) is 3.82. The highest BCUT2D eigenvalue weighted by Gasteiger charge is 2.37. The van der Waals surface area contributed by atoms with Crippen molar-refractivity contribution in [3.63, 3.8) is 0 Å². The Balaban J connectivity index is 1.84. The van der Waals surface area contributed by atoms with Gasteiger partial charge in [0, 0.05) is 18.4 Å². The van der Waals surface area contributed by atoms with Gasteiger partial charge in [0.25, 0.3) is 0 Å². The van der Waals surface area contributed by atoms with Crippen molar-refractivity contribution in [1.29, 1.82) is 0 Å². The molecule has 1 aliphatic rings. The molecule has 0 radical (unpaired) electrons. The van der Waals surface area contributed by atoms with E-state index in [2.05, 4.69) is 48.5 Å². The Morgan fingerprint density at radius 3 is 1.70 bits per heavy atom. The zero-order chi connectivity index (χ0) is 16.1. The largest absolute Gasteiger partial charge is 0.324 e. The zero-order valence-corrected chi connectivity index (χ0v) is 13.6. The quantitative estimate of drug-likeness (QED) is 0.909. The first-order valence-corrected chi connectivity index (χ1v) is 8.54. The lowest BCUT2D eigenvalue weighted by Crippen LogP contribution is -2.52.